The molecule has 5 atom stereocenters. The fraction of sp³-hybridized carbons (Fsp3) is 1.00. The third kappa shape index (κ3) is 3.12. The topological polar surface area (TPSA) is 79.2 Å². The van der Waals surface area contributed by atoms with Crippen LogP contribution in [0.4, 0.5) is 0 Å². The van der Waals surface area contributed by atoms with Crippen molar-refractivity contribution in [1.82, 2.24) is 0 Å². The van der Waals surface area contributed by atoms with E-state index in [9.17, 15) is 15.3 Å². The Morgan fingerprint density at radius 3 is 2.00 bits per heavy atom. The van der Waals surface area contributed by atoms with Gasteiger partial charge in [0.2, 0.25) is 0 Å². The second-order valence-electron chi connectivity index (χ2n) is 4.91. The van der Waals surface area contributed by atoms with Crippen LogP contribution in [0.15, 0.2) is 0 Å². The van der Waals surface area contributed by atoms with Crippen LogP contribution >= 0.6 is 0 Å². The molecule has 1 aliphatic rings. The Kier molecular flexibility index (Phi) is 3.73. The smallest absolute Gasteiger partial charge is 0.187 e. The SMILES string of the molecule is CC1OC(OC(C)(C)C)C(O)C(O)C1O. The van der Waals surface area contributed by atoms with E-state index >= 15 is 0 Å². The van der Waals surface area contributed by atoms with Crippen LogP contribution in [0.1, 0.15) is 27.7 Å². The van der Waals surface area contributed by atoms with E-state index in [-0.39, 0.29) is 0 Å². The van der Waals surface area contributed by atoms with Gasteiger partial charge in [0, 0.05) is 0 Å². The summed E-state index contributed by atoms with van der Waals surface area (Å²) in [6.07, 6.45) is -5.01. The van der Waals surface area contributed by atoms with E-state index in [4.69, 9.17) is 9.47 Å². The Morgan fingerprint density at radius 2 is 1.53 bits per heavy atom. The Labute approximate surface area is 89.6 Å². The first kappa shape index (κ1) is 12.9. The van der Waals surface area contributed by atoms with Gasteiger partial charge in [0.15, 0.2) is 6.29 Å². The lowest BCUT2D eigenvalue weighted by molar-refractivity contribution is -0.314. The van der Waals surface area contributed by atoms with E-state index in [0.717, 1.165) is 0 Å². The van der Waals surface area contributed by atoms with Crippen molar-refractivity contribution >= 4 is 0 Å². The monoisotopic (exact) mass is 220 g/mol. The standard InChI is InChI=1S/C10H20O5/c1-5-6(11)7(12)8(13)9(14-5)15-10(2,3)4/h5-9,11-13H,1-4H3. The molecule has 0 bridgehead atoms. The van der Waals surface area contributed by atoms with Crippen LogP contribution in [0.2, 0.25) is 0 Å². The van der Waals surface area contributed by atoms with Gasteiger partial charge in [0.25, 0.3) is 0 Å². The van der Waals surface area contributed by atoms with Crippen molar-refractivity contribution in [2.75, 3.05) is 0 Å². The normalized spacial score (nSPS) is 43.0. The third-order valence-corrected chi connectivity index (χ3v) is 2.28. The molecule has 1 rings (SSSR count). The summed E-state index contributed by atoms with van der Waals surface area (Å²) in [6.45, 7) is 7.10. The number of hydrogen-bond acceptors (Lipinski definition) is 5. The van der Waals surface area contributed by atoms with Crippen molar-refractivity contribution in [3.8, 4) is 0 Å². The molecule has 0 aromatic rings. The number of aliphatic hydroxyl groups excluding tert-OH is 3. The van der Waals surface area contributed by atoms with Gasteiger partial charge in [-0.05, 0) is 27.7 Å². The van der Waals surface area contributed by atoms with Gasteiger partial charge in [0.1, 0.15) is 18.3 Å². The van der Waals surface area contributed by atoms with Gasteiger partial charge in [-0.3, -0.25) is 0 Å². The minimum absolute atomic E-state index is 0.479. The number of aliphatic hydroxyl groups is 3. The lowest BCUT2D eigenvalue weighted by atomic mass is 10.00. The highest BCUT2D eigenvalue weighted by atomic mass is 16.7. The molecule has 0 radical (unpaired) electrons. The molecule has 1 aliphatic heterocycles. The molecule has 1 saturated heterocycles. The van der Waals surface area contributed by atoms with E-state index in [2.05, 4.69) is 0 Å². The maximum absolute atomic E-state index is 9.63. The van der Waals surface area contributed by atoms with E-state index in [0.29, 0.717) is 0 Å². The zero-order valence-corrected chi connectivity index (χ0v) is 9.54. The van der Waals surface area contributed by atoms with Gasteiger partial charge < -0.3 is 24.8 Å². The summed E-state index contributed by atoms with van der Waals surface area (Å²) >= 11 is 0. The van der Waals surface area contributed by atoms with Crippen molar-refractivity contribution < 1.29 is 24.8 Å². The Morgan fingerprint density at radius 1 is 1.00 bits per heavy atom. The van der Waals surface area contributed by atoms with Crippen LogP contribution in [0.25, 0.3) is 0 Å². The number of ether oxygens (including phenoxy) is 2. The largest absolute Gasteiger partial charge is 0.388 e. The van der Waals surface area contributed by atoms with Crippen LogP contribution in [0.5, 0.6) is 0 Å². The molecular weight excluding hydrogens is 200 g/mol. The summed E-state index contributed by atoms with van der Waals surface area (Å²) in [4.78, 5) is 0. The average Bonchev–Trinajstić information content (AvgIpc) is 2.08. The highest BCUT2D eigenvalue weighted by molar-refractivity contribution is 4.87. The predicted molar refractivity (Wildman–Crippen MR) is 53.2 cm³/mol. The zero-order chi connectivity index (χ0) is 11.8. The van der Waals surface area contributed by atoms with Gasteiger partial charge >= 0.3 is 0 Å². The lowest BCUT2D eigenvalue weighted by Crippen LogP contribution is -2.58. The van der Waals surface area contributed by atoms with Crippen LogP contribution in [0, 0.1) is 0 Å². The first-order chi connectivity index (χ1) is 6.72. The molecule has 0 aromatic carbocycles. The molecule has 1 heterocycles. The van der Waals surface area contributed by atoms with Crippen LogP contribution < -0.4 is 0 Å². The Hall–Kier alpha value is -0.200. The van der Waals surface area contributed by atoms with Gasteiger partial charge in [-0.25, -0.2) is 0 Å². The molecule has 90 valence electrons. The lowest BCUT2D eigenvalue weighted by Gasteiger charge is -2.41. The molecule has 15 heavy (non-hydrogen) atoms. The fourth-order valence-corrected chi connectivity index (χ4v) is 1.46. The highest BCUT2D eigenvalue weighted by Gasteiger charge is 2.43. The third-order valence-electron chi connectivity index (χ3n) is 2.28. The van der Waals surface area contributed by atoms with Crippen molar-refractivity contribution in [2.24, 2.45) is 0 Å². The molecule has 3 N–H and O–H groups in total. The van der Waals surface area contributed by atoms with Gasteiger partial charge in [-0.15, -0.1) is 0 Å². The van der Waals surface area contributed by atoms with Gasteiger partial charge in [-0.1, -0.05) is 0 Å². The summed E-state index contributed by atoms with van der Waals surface area (Å²) in [6, 6.07) is 0. The summed E-state index contributed by atoms with van der Waals surface area (Å²) in [7, 11) is 0. The van der Waals surface area contributed by atoms with E-state index in [1.54, 1.807) is 6.92 Å². The highest BCUT2D eigenvalue weighted by Crippen LogP contribution is 2.25. The number of hydrogen-bond donors (Lipinski definition) is 3. The van der Waals surface area contributed by atoms with Crippen molar-refractivity contribution in [1.29, 1.82) is 0 Å². The molecule has 0 saturated carbocycles. The van der Waals surface area contributed by atoms with Gasteiger partial charge in [-0.2, -0.15) is 0 Å². The van der Waals surface area contributed by atoms with Crippen molar-refractivity contribution in [2.45, 2.75) is 64.0 Å². The predicted octanol–water partition coefficient (Wildman–Crippen LogP) is -0.371. The van der Waals surface area contributed by atoms with Gasteiger partial charge in [0.05, 0.1) is 11.7 Å². The summed E-state index contributed by atoms with van der Waals surface area (Å²) in [5.41, 5.74) is -0.479. The maximum Gasteiger partial charge on any atom is 0.187 e. The molecule has 1 fully saturated rings. The zero-order valence-electron chi connectivity index (χ0n) is 9.54. The summed E-state index contributed by atoms with van der Waals surface area (Å²) < 4.78 is 10.7. The fourth-order valence-electron chi connectivity index (χ4n) is 1.46. The molecule has 0 aromatic heterocycles. The van der Waals surface area contributed by atoms with E-state index < -0.39 is 36.3 Å². The summed E-state index contributed by atoms with van der Waals surface area (Å²) in [5.74, 6) is 0. The first-order valence-corrected chi connectivity index (χ1v) is 5.10. The molecule has 0 amide bonds. The van der Waals surface area contributed by atoms with E-state index in [1.165, 1.54) is 0 Å². The quantitative estimate of drug-likeness (QED) is 0.562. The molecular formula is C10H20O5. The van der Waals surface area contributed by atoms with Crippen molar-refractivity contribution in [3.63, 3.8) is 0 Å². The molecule has 5 unspecified atom stereocenters. The molecule has 5 heteroatoms. The minimum atomic E-state index is -1.24. The maximum atomic E-state index is 9.63. The molecule has 0 aliphatic carbocycles. The summed E-state index contributed by atoms with van der Waals surface area (Å²) in [5, 5.41) is 28.6. The second-order valence-corrected chi connectivity index (χ2v) is 4.91. The number of rotatable bonds is 1. The molecule has 0 spiro atoms. The Bertz CT molecular complexity index is 212. The van der Waals surface area contributed by atoms with Crippen LogP contribution in [-0.2, 0) is 9.47 Å². The van der Waals surface area contributed by atoms with Crippen molar-refractivity contribution in [3.05, 3.63) is 0 Å². The van der Waals surface area contributed by atoms with E-state index in [1.807, 2.05) is 20.8 Å². The second kappa shape index (κ2) is 4.35. The minimum Gasteiger partial charge on any atom is -0.388 e. The Balaban J connectivity index is 2.67. The van der Waals surface area contributed by atoms with Crippen LogP contribution in [-0.4, -0.2) is 51.6 Å². The first-order valence-electron chi connectivity index (χ1n) is 5.10. The molecule has 5 nitrogen and oxygen atoms in total. The average molecular weight is 220 g/mol. The van der Waals surface area contributed by atoms with Crippen LogP contribution in [0.3, 0.4) is 0 Å².